The highest BCUT2D eigenvalue weighted by molar-refractivity contribution is 5.94. The first-order valence-electron chi connectivity index (χ1n) is 11.1. The minimum Gasteiger partial charge on any atom is -0.329 e. The fourth-order valence-electron chi connectivity index (χ4n) is 4.21. The fraction of sp³-hybridized carbons (Fsp3) is 0.222. The van der Waals surface area contributed by atoms with E-state index in [1.54, 1.807) is 33.7 Å². The number of fused-ring (bicyclic) bond motifs is 1. The Labute approximate surface area is 192 Å². The molecule has 3 aromatic carbocycles. The van der Waals surface area contributed by atoms with Crippen LogP contribution in [0.25, 0.3) is 16.6 Å². The molecule has 0 aliphatic carbocycles. The molecular weight excluding hydrogens is 417 g/mol. The van der Waals surface area contributed by atoms with Gasteiger partial charge in [-0.3, -0.25) is 14.2 Å². The number of carbonyl (C=O) groups is 1. The molecule has 6 heteroatoms. The molecule has 4 aromatic rings. The molecule has 1 heterocycles. The smallest absolute Gasteiger partial charge is 0.266 e. The molecule has 0 fully saturated rings. The Morgan fingerprint density at radius 2 is 1.67 bits per heavy atom. The van der Waals surface area contributed by atoms with Gasteiger partial charge in [0.15, 0.2) is 0 Å². The molecule has 0 spiro atoms. The van der Waals surface area contributed by atoms with Gasteiger partial charge in [0.25, 0.3) is 11.5 Å². The quantitative estimate of drug-likeness (QED) is 0.406. The number of hydrogen-bond acceptors (Lipinski definition) is 3. The average molecular weight is 444 g/mol. The Hall–Kier alpha value is -3.80. The molecule has 168 valence electrons. The van der Waals surface area contributed by atoms with Crippen molar-refractivity contribution in [1.29, 1.82) is 0 Å². The predicted octanol–water partition coefficient (Wildman–Crippen LogP) is 5.31. The van der Waals surface area contributed by atoms with E-state index >= 15 is 0 Å². The molecule has 1 amide bonds. The van der Waals surface area contributed by atoms with Gasteiger partial charge < -0.3 is 4.90 Å². The number of rotatable bonds is 6. The van der Waals surface area contributed by atoms with Crippen molar-refractivity contribution >= 4 is 16.8 Å². The lowest BCUT2D eigenvalue weighted by atomic mass is 10.1. The van der Waals surface area contributed by atoms with E-state index < -0.39 is 17.8 Å². The van der Waals surface area contributed by atoms with Crippen LogP contribution >= 0.6 is 0 Å². The van der Waals surface area contributed by atoms with Crippen LogP contribution in [-0.2, 0) is 6.42 Å². The third kappa shape index (κ3) is 4.04. The second kappa shape index (κ2) is 9.36. The summed E-state index contributed by atoms with van der Waals surface area (Å²) < 4.78 is 16.0. The van der Waals surface area contributed by atoms with Gasteiger partial charge in [0.2, 0.25) is 0 Å². The summed E-state index contributed by atoms with van der Waals surface area (Å²) in [5.41, 5.74) is 2.09. The van der Waals surface area contributed by atoms with Gasteiger partial charge in [0.1, 0.15) is 11.6 Å². The molecular formula is C27H26FN3O2. The molecule has 1 atom stereocenters. The van der Waals surface area contributed by atoms with Crippen LogP contribution in [0.3, 0.4) is 0 Å². The molecule has 33 heavy (non-hydrogen) atoms. The number of para-hydroxylation sites is 2. The van der Waals surface area contributed by atoms with Gasteiger partial charge in [0, 0.05) is 6.54 Å². The number of aryl methyl sites for hydroxylation is 1. The van der Waals surface area contributed by atoms with Crippen LogP contribution in [-0.4, -0.2) is 26.9 Å². The predicted molar refractivity (Wildman–Crippen MR) is 128 cm³/mol. The third-order valence-electron chi connectivity index (χ3n) is 5.96. The molecule has 0 aliphatic heterocycles. The van der Waals surface area contributed by atoms with Crippen molar-refractivity contribution in [2.45, 2.75) is 33.2 Å². The number of benzene rings is 3. The molecule has 1 aromatic heterocycles. The number of aromatic nitrogens is 2. The van der Waals surface area contributed by atoms with Crippen LogP contribution in [0, 0.1) is 5.82 Å². The van der Waals surface area contributed by atoms with Gasteiger partial charge in [-0.1, -0.05) is 49.4 Å². The minimum atomic E-state index is -0.579. The van der Waals surface area contributed by atoms with Crippen molar-refractivity contribution in [3.05, 3.63) is 106 Å². The molecule has 1 unspecified atom stereocenters. The Morgan fingerprint density at radius 3 is 2.39 bits per heavy atom. The average Bonchev–Trinajstić information content (AvgIpc) is 2.84. The number of amides is 1. The number of nitrogens with zero attached hydrogens (tertiary/aromatic N) is 3. The van der Waals surface area contributed by atoms with E-state index in [4.69, 9.17) is 4.98 Å². The monoisotopic (exact) mass is 443 g/mol. The largest absolute Gasteiger partial charge is 0.329 e. The maximum Gasteiger partial charge on any atom is 0.266 e. The second-order valence-corrected chi connectivity index (χ2v) is 7.86. The lowest BCUT2D eigenvalue weighted by Crippen LogP contribution is -2.37. The highest BCUT2D eigenvalue weighted by atomic mass is 19.1. The zero-order valence-electron chi connectivity index (χ0n) is 19.0. The summed E-state index contributed by atoms with van der Waals surface area (Å²) >= 11 is 0. The normalized spacial score (nSPS) is 12.0. The van der Waals surface area contributed by atoms with Gasteiger partial charge in [0.05, 0.1) is 28.2 Å². The van der Waals surface area contributed by atoms with Crippen molar-refractivity contribution in [2.24, 2.45) is 0 Å². The topological polar surface area (TPSA) is 55.2 Å². The van der Waals surface area contributed by atoms with Crippen LogP contribution < -0.4 is 5.56 Å². The summed E-state index contributed by atoms with van der Waals surface area (Å²) in [5.74, 6) is -0.583. The lowest BCUT2D eigenvalue weighted by molar-refractivity contribution is 0.0688. The van der Waals surface area contributed by atoms with Gasteiger partial charge >= 0.3 is 0 Å². The van der Waals surface area contributed by atoms with Crippen molar-refractivity contribution in [2.75, 3.05) is 6.54 Å². The SMILES string of the molecule is CCc1ccccc1-n1c(C(C)N(CC)C(=O)c2ccccc2F)nc2ccccc2c1=O. The summed E-state index contributed by atoms with van der Waals surface area (Å²) in [6.45, 7) is 6.01. The molecule has 0 aliphatic rings. The van der Waals surface area contributed by atoms with Crippen molar-refractivity contribution in [3.63, 3.8) is 0 Å². The zero-order valence-corrected chi connectivity index (χ0v) is 19.0. The highest BCUT2D eigenvalue weighted by Crippen LogP contribution is 2.26. The molecule has 5 nitrogen and oxygen atoms in total. The second-order valence-electron chi connectivity index (χ2n) is 7.86. The van der Waals surface area contributed by atoms with E-state index in [0.717, 1.165) is 17.7 Å². The summed E-state index contributed by atoms with van der Waals surface area (Å²) in [4.78, 5) is 33.4. The first kappa shape index (κ1) is 22.4. The molecule has 4 rings (SSSR count). The Balaban J connectivity index is 1.95. The van der Waals surface area contributed by atoms with Gasteiger partial charge in [-0.2, -0.15) is 0 Å². The molecule has 0 saturated carbocycles. The van der Waals surface area contributed by atoms with Crippen molar-refractivity contribution < 1.29 is 9.18 Å². The van der Waals surface area contributed by atoms with E-state index in [9.17, 15) is 14.0 Å². The van der Waals surface area contributed by atoms with Gasteiger partial charge in [-0.15, -0.1) is 0 Å². The summed E-state index contributed by atoms with van der Waals surface area (Å²) in [6.07, 6.45) is 0.731. The van der Waals surface area contributed by atoms with Gasteiger partial charge in [-0.25, -0.2) is 9.37 Å². The zero-order chi connectivity index (χ0) is 23.5. The van der Waals surface area contributed by atoms with Crippen LogP contribution in [0.1, 0.15) is 48.6 Å². The molecule has 0 saturated heterocycles. The summed E-state index contributed by atoms with van der Waals surface area (Å²) in [5, 5.41) is 0.503. The van der Waals surface area contributed by atoms with Crippen LogP contribution in [0.5, 0.6) is 0 Å². The first-order chi connectivity index (χ1) is 16.0. The van der Waals surface area contributed by atoms with Crippen molar-refractivity contribution in [1.82, 2.24) is 14.5 Å². The molecule has 0 radical (unpaired) electrons. The number of halogens is 1. The van der Waals surface area contributed by atoms with E-state index in [1.807, 2.05) is 57.2 Å². The standard InChI is InChI=1S/C27H26FN3O2/c1-4-19-12-6-11-17-24(19)31-25(29-23-16-10-8-14-21(23)27(31)33)18(3)30(5-2)26(32)20-13-7-9-15-22(20)28/h6-18H,4-5H2,1-3H3. The Kier molecular flexibility index (Phi) is 6.36. The van der Waals surface area contributed by atoms with Gasteiger partial charge in [-0.05, 0) is 56.2 Å². The van der Waals surface area contributed by atoms with E-state index in [0.29, 0.717) is 23.3 Å². The molecule has 0 N–H and O–H groups in total. The lowest BCUT2D eigenvalue weighted by Gasteiger charge is -2.30. The summed E-state index contributed by atoms with van der Waals surface area (Å²) in [6, 6.07) is 20.2. The van der Waals surface area contributed by atoms with Crippen LogP contribution in [0.15, 0.2) is 77.6 Å². The number of hydrogen-bond donors (Lipinski definition) is 0. The van der Waals surface area contributed by atoms with Crippen molar-refractivity contribution in [3.8, 4) is 5.69 Å². The van der Waals surface area contributed by atoms with Crippen LogP contribution in [0.2, 0.25) is 0 Å². The maximum atomic E-state index is 14.4. The fourth-order valence-corrected chi connectivity index (χ4v) is 4.21. The summed E-state index contributed by atoms with van der Waals surface area (Å²) in [7, 11) is 0. The molecule has 0 bridgehead atoms. The third-order valence-corrected chi connectivity index (χ3v) is 5.96. The van der Waals surface area contributed by atoms with E-state index in [1.165, 1.54) is 12.1 Å². The minimum absolute atomic E-state index is 0.00477. The Morgan fingerprint density at radius 1 is 1.00 bits per heavy atom. The van der Waals surface area contributed by atoms with E-state index in [2.05, 4.69) is 0 Å². The highest BCUT2D eigenvalue weighted by Gasteiger charge is 2.28. The Bertz CT molecular complexity index is 1380. The first-order valence-corrected chi connectivity index (χ1v) is 11.1. The van der Waals surface area contributed by atoms with E-state index in [-0.39, 0.29) is 11.1 Å². The number of carbonyl (C=O) groups excluding carboxylic acids is 1. The maximum absolute atomic E-state index is 14.4. The van der Waals surface area contributed by atoms with Crippen LogP contribution in [0.4, 0.5) is 4.39 Å².